The molecular formula is C24H24N4O3S. The Kier molecular flexibility index (Phi) is 6.63. The van der Waals surface area contributed by atoms with Gasteiger partial charge in [0.15, 0.2) is 5.11 Å². The van der Waals surface area contributed by atoms with Gasteiger partial charge in [0.2, 0.25) is 5.91 Å². The van der Waals surface area contributed by atoms with E-state index in [1.165, 1.54) is 4.90 Å². The van der Waals surface area contributed by atoms with Crippen molar-refractivity contribution in [2.75, 3.05) is 25.2 Å². The number of benzene rings is 2. The van der Waals surface area contributed by atoms with E-state index < -0.39 is 0 Å². The van der Waals surface area contributed by atoms with Crippen molar-refractivity contribution in [1.82, 2.24) is 15.2 Å². The molecule has 1 saturated heterocycles. The molecule has 0 aliphatic carbocycles. The van der Waals surface area contributed by atoms with Crippen LogP contribution in [0, 0.1) is 0 Å². The maximum Gasteiger partial charge on any atom is 0.281 e. The van der Waals surface area contributed by atoms with Gasteiger partial charge in [-0.2, -0.15) is 0 Å². The number of amides is 2. The van der Waals surface area contributed by atoms with Gasteiger partial charge in [-0.25, -0.2) is 0 Å². The molecule has 3 aromatic rings. The lowest BCUT2D eigenvalue weighted by molar-refractivity contribution is -0.121. The fourth-order valence-electron chi connectivity index (χ4n) is 3.68. The standard InChI is InChI=1S/C24H24N4O3S/c1-31-13-7-12-25-22(29)16-27-15-17(19-10-5-6-11-21(19)27)14-20-23(30)28(24(32)26-20)18-8-3-2-4-9-18/h2-6,8-11,14-15H,7,12-13,16H2,1H3,(H,25,29)(H,26,32)/b20-14+. The molecule has 1 aliphatic heterocycles. The first-order chi connectivity index (χ1) is 15.6. The summed E-state index contributed by atoms with van der Waals surface area (Å²) < 4.78 is 6.90. The molecular weight excluding hydrogens is 424 g/mol. The van der Waals surface area contributed by atoms with Crippen molar-refractivity contribution in [3.63, 3.8) is 0 Å². The van der Waals surface area contributed by atoms with E-state index >= 15 is 0 Å². The number of hydrogen-bond donors (Lipinski definition) is 2. The third kappa shape index (κ3) is 4.56. The van der Waals surface area contributed by atoms with Crippen LogP contribution in [0.25, 0.3) is 17.0 Å². The molecule has 0 radical (unpaired) electrons. The van der Waals surface area contributed by atoms with Gasteiger partial charge in [0.25, 0.3) is 5.91 Å². The zero-order valence-electron chi connectivity index (χ0n) is 17.7. The minimum atomic E-state index is -0.214. The highest BCUT2D eigenvalue weighted by atomic mass is 32.1. The van der Waals surface area contributed by atoms with Crippen LogP contribution in [0.2, 0.25) is 0 Å². The van der Waals surface area contributed by atoms with Crippen molar-refractivity contribution >= 4 is 51.8 Å². The van der Waals surface area contributed by atoms with Gasteiger partial charge in [0.05, 0.1) is 5.69 Å². The first kappa shape index (κ1) is 21.7. The molecule has 2 aromatic carbocycles. The van der Waals surface area contributed by atoms with Gasteiger partial charge in [0.1, 0.15) is 12.2 Å². The molecule has 0 saturated carbocycles. The SMILES string of the molecule is COCCCNC(=O)Cn1cc(/C=C2/NC(=S)N(c3ccccc3)C2=O)c2ccccc21. The minimum Gasteiger partial charge on any atom is -0.385 e. The summed E-state index contributed by atoms with van der Waals surface area (Å²) in [5, 5.41) is 7.22. The Hall–Kier alpha value is -3.49. The maximum absolute atomic E-state index is 13.0. The van der Waals surface area contributed by atoms with Crippen molar-refractivity contribution in [3.05, 3.63) is 72.1 Å². The van der Waals surface area contributed by atoms with E-state index in [9.17, 15) is 9.59 Å². The number of aromatic nitrogens is 1. The number of nitrogens with one attached hydrogen (secondary N) is 2. The molecule has 2 heterocycles. The van der Waals surface area contributed by atoms with Crippen LogP contribution in [0.5, 0.6) is 0 Å². The number of thiocarbonyl (C=S) groups is 1. The van der Waals surface area contributed by atoms with Crippen molar-refractivity contribution in [1.29, 1.82) is 0 Å². The first-order valence-corrected chi connectivity index (χ1v) is 10.7. The van der Waals surface area contributed by atoms with E-state index in [1.807, 2.05) is 65.4 Å². The van der Waals surface area contributed by atoms with Crippen LogP contribution < -0.4 is 15.5 Å². The quantitative estimate of drug-likeness (QED) is 0.315. The van der Waals surface area contributed by atoms with Crippen LogP contribution in [0.15, 0.2) is 66.5 Å². The lowest BCUT2D eigenvalue weighted by atomic mass is 10.1. The molecule has 4 rings (SSSR count). The Morgan fingerprint density at radius 2 is 1.91 bits per heavy atom. The summed E-state index contributed by atoms with van der Waals surface area (Å²) in [4.78, 5) is 26.9. The Bertz CT molecular complexity index is 1190. The molecule has 0 atom stereocenters. The lowest BCUT2D eigenvalue weighted by Crippen LogP contribution is -2.30. The number of rotatable bonds is 8. The molecule has 164 valence electrons. The number of ether oxygens (including phenoxy) is 1. The van der Waals surface area contributed by atoms with Gasteiger partial charge >= 0.3 is 0 Å². The number of hydrogen-bond acceptors (Lipinski definition) is 4. The fourth-order valence-corrected chi connectivity index (χ4v) is 3.98. The van der Waals surface area contributed by atoms with E-state index in [-0.39, 0.29) is 18.4 Å². The summed E-state index contributed by atoms with van der Waals surface area (Å²) in [6, 6.07) is 17.1. The van der Waals surface area contributed by atoms with Crippen LogP contribution >= 0.6 is 12.2 Å². The monoisotopic (exact) mass is 448 g/mol. The molecule has 1 aromatic heterocycles. The molecule has 0 bridgehead atoms. The van der Waals surface area contributed by atoms with E-state index in [2.05, 4.69) is 10.6 Å². The average molecular weight is 449 g/mol. The van der Waals surface area contributed by atoms with Crippen LogP contribution in [0.3, 0.4) is 0 Å². The molecule has 0 spiro atoms. The highest BCUT2D eigenvalue weighted by molar-refractivity contribution is 7.80. The maximum atomic E-state index is 13.0. The van der Waals surface area contributed by atoms with Crippen molar-refractivity contribution in [2.45, 2.75) is 13.0 Å². The number of carbonyl (C=O) groups excluding carboxylic acids is 2. The third-order valence-corrected chi connectivity index (χ3v) is 5.46. The largest absolute Gasteiger partial charge is 0.385 e. The normalized spacial score (nSPS) is 14.9. The van der Waals surface area contributed by atoms with Gasteiger partial charge < -0.3 is 19.9 Å². The summed E-state index contributed by atoms with van der Waals surface area (Å²) in [5.41, 5.74) is 2.86. The smallest absolute Gasteiger partial charge is 0.281 e. The first-order valence-electron chi connectivity index (χ1n) is 10.3. The number of para-hydroxylation sites is 2. The molecule has 1 aliphatic rings. The number of carbonyl (C=O) groups is 2. The molecule has 2 amide bonds. The van der Waals surface area contributed by atoms with Gasteiger partial charge in [-0.15, -0.1) is 0 Å². The Labute approximate surface area is 191 Å². The second-order valence-electron chi connectivity index (χ2n) is 7.39. The summed E-state index contributed by atoms with van der Waals surface area (Å²) >= 11 is 5.40. The van der Waals surface area contributed by atoms with E-state index in [0.29, 0.717) is 29.6 Å². The van der Waals surface area contributed by atoms with Crippen LogP contribution in [-0.4, -0.2) is 41.8 Å². The average Bonchev–Trinajstić information content (AvgIpc) is 3.28. The fraction of sp³-hybridized carbons (Fsp3) is 0.208. The van der Waals surface area contributed by atoms with Crippen LogP contribution in [0.1, 0.15) is 12.0 Å². The topological polar surface area (TPSA) is 75.6 Å². The van der Waals surface area contributed by atoms with Crippen molar-refractivity contribution in [3.8, 4) is 0 Å². The minimum absolute atomic E-state index is 0.0763. The van der Waals surface area contributed by atoms with E-state index in [1.54, 1.807) is 13.2 Å². The summed E-state index contributed by atoms with van der Waals surface area (Å²) in [6.45, 7) is 1.36. The van der Waals surface area contributed by atoms with Crippen molar-refractivity contribution in [2.24, 2.45) is 0 Å². The number of anilines is 1. The highest BCUT2D eigenvalue weighted by Gasteiger charge is 2.32. The van der Waals surface area contributed by atoms with Gasteiger partial charge in [-0.3, -0.25) is 14.5 Å². The molecule has 8 heteroatoms. The predicted octanol–water partition coefficient (Wildman–Crippen LogP) is 3.06. The highest BCUT2D eigenvalue weighted by Crippen LogP contribution is 2.26. The Balaban J connectivity index is 1.59. The zero-order chi connectivity index (χ0) is 22.5. The number of nitrogens with zero attached hydrogens (tertiary/aromatic N) is 2. The van der Waals surface area contributed by atoms with Crippen LogP contribution in [-0.2, 0) is 20.9 Å². The van der Waals surface area contributed by atoms with Gasteiger partial charge in [-0.05, 0) is 42.9 Å². The number of methoxy groups -OCH3 is 1. The predicted molar refractivity (Wildman–Crippen MR) is 129 cm³/mol. The van der Waals surface area contributed by atoms with Crippen LogP contribution in [0.4, 0.5) is 5.69 Å². The molecule has 0 unspecified atom stereocenters. The van der Waals surface area contributed by atoms with E-state index in [4.69, 9.17) is 17.0 Å². The zero-order valence-corrected chi connectivity index (χ0v) is 18.5. The second-order valence-corrected chi connectivity index (χ2v) is 7.78. The summed E-state index contributed by atoms with van der Waals surface area (Å²) in [7, 11) is 1.64. The molecule has 32 heavy (non-hydrogen) atoms. The third-order valence-electron chi connectivity index (χ3n) is 5.17. The van der Waals surface area contributed by atoms with Gasteiger partial charge in [-0.1, -0.05) is 36.4 Å². The molecule has 1 fully saturated rings. The summed E-state index contributed by atoms with van der Waals surface area (Å²) in [6.07, 6.45) is 4.43. The van der Waals surface area contributed by atoms with Gasteiger partial charge in [0, 0.05) is 42.9 Å². The molecule has 7 nitrogen and oxygen atoms in total. The van der Waals surface area contributed by atoms with E-state index in [0.717, 1.165) is 22.9 Å². The Morgan fingerprint density at radius 1 is 1.16 bits per heavy atom. The second kappa shape index (κ2) is 9.76. The summed E-state index contributed by atoms with van der Waals surface area (Å²) in [5.74, 6) is -0.290. The number of fused-ring (bicyclic) bond motifs is 1. The molecule has 2 N–H and O–H groups in total. The Morgan fingerprint density at radius 3 is 2.69 bits per heavy atom. The lowest BCUT2D eigenvalue weighted by Gasteiger charge is -2.13. The van der Waals surface area contributed by atoms with Crippen molar-refractivity contribution < 1.29 is 14.3 Å².